The third-order valence-corrected chi connectivity index (χ3v) is 8.21. The van der Waals surface area contributed by atoms with Gasteiger partial charge < -0.3 is 14.2 Å². The number of hydrogen-bond donors (Lipinski definition) is 0. The maximum Gasteiger partial charge on any atom is 0.414 e. The van der Waals surface area contributed by atoms with Crippen molar-refractivity contribution in [3.05, 3.63) is 23.5 Å². The van der Waals surface area contributed by atoms with Crippen LogP contribution in [0.5, 0.6) is 0 Å². The molecular weight excluding hydrogens is 428 g/mol. The van der Waals surface area contributed by atoms with Gasteiger partial charge in [0.15, 0.2) is 0 Å². The molecule has 3 heterocycles. The predicted octanol–water partition coefficient (Wildman–Crippen LogP) is 5.60. The molecule has 1 aromatic heterocycles. The molecule has 0 N–H and O–H groups in total. The number of carbonyl (C=O) groups excluding carboxylic acids is 2. The maximum atomic E-state index is 13.0. The van der Waals surface area contributed by atoms with Crippen molar-refractivity contribution in [2.24, 2.45) is 5.41 Å². The van der Waals surface area contributed by atoms with Crippen molar-refractivity contribution in [2.75, 3.05) is 18.6 Å². The first-order valence-electron chi connectivity index (χ1n) is 13.0. The van der Waals surface area contributed by atoms with E-state index in [1.807, 2.05) is 4.90 Å². The SMILES string of the molecule is COC(=O)N1c2ccc3c(nc(CN4CCC(C)(C)CC4=O)n3C3CCCCC3)c2CC[C@@H]1C. The molecule has 1 saturated carbocycles. The Bertz CT molecular complexity index is 1100. The van der Waals surface area contributed by atoms with Gasteiger partial charge in [-0.2, -0.15) is 0 Å². The van der Waals surface area contributed by atoms with Gasteiger partial charge in [-0.15, -0.1) is 0 Å². The lowest BCUT2D eigenvalue weighted by molar-refractivity contribution is -0.138. The van der Waals surface area contributed by atoms with Gasteiger partial charge in [-0.1, -0.05) is 33.1 Å². The van der Waals surface area contributed by atoms with Crippen LogP contribution in [0, 0.1) is 5.41 Å². The van der Waals surface area contributed by atoms with Crippen LogP contribution < -0.4 is 4.90 Å². The summed E-state index contributed by atoms with van der Waals surface area (Å²) in [5.74, 6) is 1.22. The summed E-state index contributed by atoms with van der Waals surface area (Å²) in [6, 6.07) is 4.71. The fraction of sp³-hybridized carbons (Fsp3) is 0.667. The smallest absolute Gasteiger partial charge is 0.414 e. The Labute approximate surface area is 202 Å². The van der Waals surface area contributed by atoms with E-state index < -0.39 is 0 Å². The molecule has 34 heavy (non-hydrogen) atoms. The Balaban J connectivity index is 1.59. The number of likely N-dealkylation sites (tertiary alicyclic amines) is 1. The molecule has 1 aromatic carbocycles. The lowest BCUT2D eigenvalue weighted by Gasteiger charge is -2.36. The summed E-state index contributed by atoms with van der Waals surface area (Å²) >= 11 is 0. The molecule has 1 aliphatic carbocycles. The number of anilines is 1. The second-order valence-corrected chi connectivity index (χ2v) is 11.3. The van der Waals surface area contributed by atoms with Crippen molar-refractivity contribution in [1.82, 2.24) is 14.5 Å². The highest BCUT2D eigenvalue weighted by molar-refractivity contribution is 5.95. The highest BCUT2D eigenvalue weighted by Gasteiger charge is 2.35. The van der Waals surface area contributed by atoms with E-state index in [1.165, 1.54) is 26.4 Å². The first-order valence-corrected chi connectivity index (χ1v) is 13.0. The number of fused-ring (bicyclic) bond motifs is 3. The number of piperidine rings is 1. The van der Waals surface area contributed by atoms with E-state index in [1.54, 1.807) is 4.90 Å². The number of benzene rings is 1. The monoisotopic (exact) mass is 466 g/mol. The van der Waals surface area contributed by atoms with Crippen molar-refractivity contribution in [2.45, 2.75) is 97.2 Å². The van der Waals surface area contributed by atoms with Crippen LogP contribution in [0.3, 0.4) is 0 Å². The van der Waals surface area contributed by atoms with Crippen LogP contribution in [-0.2, 0) is 22.5 Å². The fourth-order valence-corrected chi connectivity index (χ4v) is 6.19. The highest BCUT2D eigenvalue weighted by atomic mass is 16.5. The molecular formula is C27H38N4O3. The van der Waals surface area contributed by atoms with Gasteiger partial charge in [0.05, 0.1) is 30.4 Å². The third-order valence-electron chi connectivity index (χ3n) is 8.21. The number of aryl methyl sites for hydroxylation is 1. The molecule has 1 saturated heterocycles. The average molecular weight is 467 g/mol. The molecule has 0 unspecified atom stereocenters. The fourth-order valence-electron chi connectivity index (χ4n) is 6.19. The molecule has 7 heteroatoms. The van der Waals surface area contributed by atoms with Crippen LogP contribution in [0.1, 0.15) is 89.6 Å². The van der Waals surface area contributed by atoms with Crippen LogP contribution in [0.15, 0.2) is 12.1 Å². The second kappa shape index (κ2) is 8.90. The number of imidazole rings is 1. The van der Waals surface area contributed by atoms with E-state index in [9.17, 15) is 9.59 Å². The van der Waals surface area contributed by atoms with Crippen molar-refractivity contribution < 1.29 is 14.3 Å². The van der Waals surface area contributed by atoms with Crippen LogP contribution in [-0.4, -0.2) is 46.1 Å². The van der Waals surface area contributed by atoms with Crippen LogP contribution >= 0.6 is 0 Å². The van der Waals surface area contributed by atoms with E-state index in [-0.39, 0.29) is 23.5 Å². The standard InChI is InChI=1S/C27H38N4O3/c1-18-10-11-20-21(30(18)26(33)34-4)12-13-22-25(20)28-23(31(22)19-8-6-5-7-9-19)17-29-15-14-27(2,3)16-24(29)32/h12-13,18-19H,5-11,14-17H2,1-4H3/t18-/m0/s1. The third kappa shape index (κ3) is 4.07. The van der Waals surface area contributed by atoms with Crippen LogP contribution in [0.4, 0.5) is 10.5 Å². The minimum absolute atomic E-state index is 0.0736. The van der Waals surface area contributed by atoms with Gasteiger partial charge in [0.25, 0.3) is 0 Å². The molecule has 0 spiro atoms. The maximum absolute atomic E-state index is 13.0. The first kappa shape index (κ1) is 23.2. The van der Waals surface area contributed by atoms with E-state index in [0.717, 1.165) is 66.8 Å². The molecule has 7 nitrogen and oxygen atoms in total. The van der Waals surface area contributed by atoms with E-state index in [4.69, 9.17) is 9.72 Å². The van der Waals surface area contributed by atoms with Gasteiger partial charge in [0.2, 0.25) is 5.91 Å². The molecule has 2 fully saturated rings. The van der Waals surface area contributed by atoms with Crippen molar-refractivity contribution >= 4 is 28.7 Å². The summed E-state index contributed by atoms with van der Waals surface area (Å²) < 4.78 is 7.53. The predicted molar refractivity (Wildman–Crippen MR) is 133 cm³/mol. The molecule has 0 radical (unpaired) electrons. The molecule has 0 bridgehead atoms. The average Bonchev–Trinajstić information content (AvgIpc) is 3.18. The number of nitrogens with zero attached hydrogens (tertiary/aromatic N) is 4. The number of carbonyl (C=O) groups is 2. The first-order chi connectivity index (χ1) is 16.3. The molecule has 2 aromatic rings. The Kier molecular flexibility index (Phi) is 6.07. The summed E-state index contributed by atoms with van der Waals surface area (Å²) in [5.41, 5.74) is 4.25. The number of amides is 2. The zero-order valence-electron chi connectivity index (χ0n) is 21.1. The Morgan fingerprint density at radius 3 is 2.65 bits per heavy atom. The van der Waals surface area contributed by atoms with E-state index in [0.29, 0.717) is 19.0 Å². The summed E-state index contributed by atoms with van der Waals surface area (Å²) in [4.78, 5) is 34.5. The van der Waals surface area contributed by atoms with E-state index in [2.05, 4.69) is 37.5 Å². The second-order valence-electron chi connectivity index (χ2n) is 11.3. The summed E-state index contributed by atoms with van der Waals surface area (Å²) in [6.07, 6.45) is 9.14. The zero-order valence-corrected chi connectivity index (χ0v) is 21.1. The van der Waals surface area contributed by atoms with E-state index >= 15 is 0 Å². The topological polar surface area (TPSA) is 67.7 Å². The molecule has 1 atom stereocenters. The largest absolute Gasteiger partial charge is 0.452 e. The van der Waals surface area contributed by atoms with Gasteiger partial charge in [-0.05, 0) is 56.6 Å². The van der Waals surface area contributed by atoms with Gasteiger partial charge in [0, 0.05) is 30.6 Å². The lowest BCUT2D eigenvalue weighted by atomic mass is 9.82. The Hall–Kier alpha value is -2.57. The molecule has 3 aliphatic rings. The summed E-state index contributed by atoms with van der Waals surface area (Å²) in [7, 11) is 1.44. The number of rotatable bonds is 3. The Morgan fingerprint density at radius 2 is 1.94 bits per heavy atom. The quantitative estimate of drug-likeness (QED) is 0.591. The normalized spacial score (nSPS) is 23.3. The zero-order chi connectivity index (χ0) is 24.0. The summed E-state index contributed by atoms with van der Waals surface area (Å²) in [5, 5.41) is 0. The minimum Gasteiger partial charge on any atom is -0.452 e. The van der Waals surface area contributed by atoms with Crippen molar-refractivity contribution in [3.63, 3.8) is 0 Å². The molecule has 184 valence electrons. The summed E-state index contributed by atoms with van der Waals surface area (Å²) in [6.45, 7) is 7.77. The minimum atomic E-state index is -0.318. The number of methoxy groups -OCH3 is 1. The van der Waals surface area contributed by atoms with Crippen molar-refractivity contribution in [3.8, 4) is 0 Å². The van der Waals surface area contributed by atoms with Gasteiger partial charge in [-0.25, -0.2) is 9.78 Å². The molecule has 2 amide bonds. The van der Waals surface area contributed by atoms with Crippen LogP contribution in [0.2, 0.25) is 0 Å². The van der Waals surface area contributed by atoms with Crippen LogP contribution in [0.25, 0.3) is 11.0 Å². The van der Waals surface area contributed by atoms with Crippen molar-refractivity contribution in [1.29, 1.82) is 0 Å². The van der Waals surface area contributed by atoms with Gasteiger partial charge in [-0.3, -0.25) is 9.69 Å². The molecule has 2 aliphatic heterocycles. The Morgan fingerprint density at radius 1 is 1.18 bits per heavy atom. The lowest BCUT2D eigenvalue weighted by Crippen LogP contribution is -2.42. The number of hydrogen-bond acceptors (Lipinski definition) is 4. The van der Waals surface area contributed by atoms with Gasteiger partial charge >= 0.3 is 6.09 Å². The molecule has 5 rings (SSSR count). The number of ether oxygens (including phenoxy) is 1. The number of aromatic nitrogens is 2. The highest BCUT2D eigenvalue weighted by Crippen LogP contribution is 2.40. The van der Waals surface area contributed by atoms with Gasteiger partial charge in [0.1, 0.15) is 5.82 Å².